The van der Waals surface area contributed by atoms with Crippen molar-refractivity contribution in [3.63, 3.8) is 0 Å². The van der Waals surface area contributed by atoms with Crippen molar-refractivity contribution in [2.75, 3.05) is 6.54 Å². The van der Waals surface area contributed by atoms with Crippen molar-refractivity contribution in [3.05, 3.63) is 52.0 Å². The molecule has 0 unspecified atom stereocenters. The van der Waals surface area contributed by atoms with E-state index in [1.165, 1.54) is 15.8 Å². The van der Waals surface area contributed by atoms with Crippen LogP contribution in [0.25, 0.3) is 21.3 Å². The number of benzene rings is 1. The van der Waals surface area contributed by atoms with Gasteiger partial charge in [-0.25, -0.2) is 4.98 Å². The summed E-state index contributed by atoms with van der Waals surface area (Å²) < 4.78 is 0. The van der Waals surface area contributed by atoms with Gasteiger partial charge in [0.25, 0.3) is 0 Å². The van der Waals surface area contributed by atoms with Crippen LogP contribution in [0.15, 0.2) is 30.3 Å². The standard InChI is InChI=1S/C19H18N2OS/c1-11-16(12(2)22)17(13-6-4-3-5-7-13)18-14-8-9-20-10-15(14)23-19(18)21-11/h3-7,20H,8-10H2,1-2H3. The zero-order valence-corrected chi connectivity index (χ0v) is 14.1. The largest absolute Gasteiger partial charge is 0.312 e. The Morgan fingerprint density at radius 3 is 2.78 bits per heavy atom. The molecule has 4 heteroatoms. The summed E-state index contributed by atoms with van der Waals surface area (Å²) in [6, 6.07) is 10.2. The lowest BCUT2D eigenvalue weighted by Crippen LogP contribution is -2.22. The van der Waals surface area contributed by atoms with E-state index in [1.54, 1.807) is 18.3 Å². The summed E-state index contributed by atoms with van der Waals surface area (Å²) in [7, 11) is 0. The molecule has 0 radical (unpaired) electrons. The zero-order chi connectivity index (χ0) is 16.0. The Labute approximate surface area is 139 Å². The van der Waals surface area contributed by atoms with Gasteiger partial charge in [0.05, 0.1) is 5.69 Å². The molecular formula is C19H18N2OS. The summed E-state index contributed by atoms with van der Waals surface area (Å²) in [5.74, 6) is 0.0876. The summed E-state index contributed by atoms with van der Waals surface area (Å²) in [5, 5.41) is 4.62. The fourth-order valence-corrected chi connectivity index (χ4v) is 4.74. The third-order valence-corrected chi connectivity index (χ3v) is 5.58. The second-order valence-corrected chi connectivity index (χ2v) is 7.06. The summed E-state index contributed by atoms with van der Waals surface area (Å²) in [4.78, 5) is 19.5. The van der Waals surface area contributed by atoms with Crippen molar-refractivity contribution < 1.29 is 4.79 Å². The fourth-order valence-electron chi connectivity index (χ4n) is 3.50. The highest BCUT2D eigenvalue weighted by Gasteiger charge is 2.24. The number of rotatable bonds is 2. The van der Waals surface area contributed by atoms with Crippen LogP contribution in [-0.2, 0) is 13.0 Å². The first-order valence-electron chi connectivity index (χ1n) is 7.88. The third kappa shape index (κ3) is 2.30. The third-order valence-electron chi connectivity index (χ3n) is 4.46. The second kappa shape index (κ2) is 5.55. The van der Waals surface area contributed by atoms with Gasteiger partial charge in [-0.15, -0.1) is 11.3 Å². The number of hydrogen-bond acceptors (Lipinski definition) is 4. The first kappa shape index (κ1) is 14.5. The van der Waals surface area contributed by atoms with Crippen molar-refractivity contribution in [2.24, 2.45) is 0 Å². The lowest BCUT2D eigenvalue weighted by molar-refractivity contribution is 0.101. The molecule has 0 bridgehead atoms. The van der Waals surface area contributed by atoms with Crippen LogP contribution in [-0.4, -0.2) is 17.3 Å². The molecule has 3 heterocycles. The summed E-state index contributed by atoms with van der Waals surface area (Å²) in [6.07, 6.45) is 0.997. The minimum absolute atomic E-state index is 0.0876. The second-order valence-electron chi connectivity index (χ2n) is 5.98. The van der Waals surface area contributed by atoms with Crippen LogP contribution in [0.3, 0.4) is 0 Å². The number of carbonyl (C=O) groups excluding carboxylic acids is 1. The predicted octanol–water partition coefficient (Wildman–Crippen LogP) is 4.12. The van der Waals surface area contributed by atoms with E-state index in [0.717, 1.165) is 46.7 Å². The highest BCUT2D eigenvalue weighted by Crippen LogP contribution is 2.41. The molecule has 0 spiro atoms. The number of carbonyl (C=O) groups is 1. The van der Waals surface area contributed by atoms with Gasteiger partial charge in [0.1, 0.15) is 4.83 Å². The van der Waals surface area contributed by atoms with Crippen LogP contribution >= 0.6 is 11.3 Å². The number of Topliss-reactive ketones (excluding diaryl/α,β-unsaturated/α-hetero) is 1. The first-order chi connectivity index (χ1) is 11.2. The van der Waals surface area contributed by atoms with Gasteiger partial charge < -0.3 is 5.32 Å². The molecule has 2 aromatic heterocycles. The zero-order valence-electron chi connectivity index (χ0n) is 13.3. The van der Waals surface area contributed by atoms with Gasteiger partial charge in [-0.1, -0.05) is 30.3 Å². The van der Waals surface area contributed by atoms with E-state index < -0.39 is 0 Å². The van der Waals surface area contributed by atoms with E-state index in [-0.39, 0.29) is 5.78 Å². The van der Waals surface area contributed by atoms with Crippen molar-refractivity contribution in [1.29, 1.82) is 0 Å². The summed E-state index contributed by atoms with van der Waals surface area (Å²) in [6.45, 7) is 5.47. The average Bonchev–Trinajstić information content (AvgIpc) is 2.91. The van der Waals surface area contributed by atoms with Crippen LogP contribution < -0.4 is 5.32 Å². The maximum Gasteiger partial charge on any atom is 0.162 e. The van der Waals surface area contributed by atoms with Gasteiger partial charge in [-0.2, -0.15) is 0 Å². The van der Waals surface area contributed by atoms with E-state index in [1.807, 2.05) is 25.1 Å². The maximum absolute atomic E-state index is 12.3. The molecule has 3 nitrogen and oxygen atoms in total. The lowest BCUT2D eigenvalue weighted by Gasteiger charge is -2.16. The maximum atomic E-state index is 12.3. The SMILES string of the molecule is CC(=O)c1c(C)nc2sc3c(c2c1-c1ccccc1)CCNC3. The van der Waals surface area contributed by atoms with Crippen LogP contribution in [0, 0.1) is 6.92 Å². The van der Waals surface area contributed by atoms with Gasteiger partial charge in [-0.3, -0.25) is 4.79 Å². The molecule has 0 aliphatic carbocycles. The average molecular weight is 322 g/mol. The molecule has 116 valence electrons. The van der Waals surface area contributed by atoms with Gasteiger partial charge in [0.15, 0.2) is 5.78 Å². The Bertz CT molecular complexity index is 912. The van der Waals surface area contributed by atoms with Gasteiger partial charge >= 0.3 is 0 Å². The monoisotopic (exact) mass is 322 g/mol. The quantitative estimate of drug-likeness (QED) is 0.722. The van der Waals surface area contributed by atoms with E-state index >= 15 is 0 Å². The Morgan fingerprint density at radius 2 is 2.04 bits per heavy atom. The Kier molecular flexibility index (Phi) is 3.51. The molecule has 0 saturated heterocycles. The first-order valence-corrected chi connectivity index (χ1v) is 8.70. The number of thiophene rings is 1. The van der Waals surface area contributed by atoms with Gasteiger partial charge in [0, 0.05) is 27.9 Å². The molecule has 1 aliphatic rings. The van der Waals surface area contributed by atoms with Crippen molar-refractivity contribution in [1.82, 2.24) is 10.3 Å². The van der Waals surface area contributed by atoms with Crippen LogP contribution in [0.1, 0.15) is 33.4 Å². The van der Waals surface area contributed by atoms with E-state index in [9.17, 15) is 4.79 Å². The Hall–Kier alpha value is -2.04. The Morgan fingerprint density at radius 1 is 1.26 bits per heavy atom. The van der Waals surface area contributed by atoms with Gasteiger partial charge in [0.2, 0.25) is 0 Å². The fraction of sp³-hybridized carbons (Fsp3) is 0.263. The molecule has 3 aromatic rings. The molecule has 1 aromatic carbocycles. The van der Waals surface area contributed by atoms with Crippen LogP contribution in [0.2, 0.25) is 0 Å². The Balaban J connectivity index is 2.16. The van der Waals surface area contributed by atoms with E-state index in [0.29, 0.717) is 0 Å². The smallest absolute Gasteiger partial charge is 0.162 e. The number of aryl methyl sites for hydroxylation is 1. The minimum atomic E-state index is 0.0876. The summed E-state index contributed by atoms with van der Waals surface area (Å²) >= 11 is 1.76. The number of nitrogens with one attached hydrogen (secondary N) is 1. The number of fused-ring (bicyclic) bond motifs is 3. The van der Waals surface area contributed by atoms with Crippen molar-refractivity contribution in [3.8, 4) is 11.1 Å². The minimum Gasteiger partial charge on any atom is -0.312 e. The van der Waals surface area contributed by atoms with Crippen LogP contribution in [0.4, 0.5) is 0 Å². The molecule has 0 amide bonds. The van der Waals surface area contributed by atoms with Crippen molar-refractivity contribution >= 4 is 27.3 Å². The number of aromatic nitrogens is 1. The summed E-state index contributed by atoms with van der Waals surface area (Å²) in [5.41, 5.74) is 5.14. The highest BCUT2D eigenvalue weighted by molar-refractivity contribution is 7.19. The molecule has 1 aliphatic heterocycles. The molecule has 0 saturated carbocycles. The number of ketones is 1. The van der Waals surface area contributed by atoms with Crippen molar-refractivity contribution in [2.45, 2.75) is 26.8 Å². The molecule has 23 heavy (non-hydrogen) atoms. The van der Waals surface area contributed by atoms with E-state index in [4.69, 9.17) is 4.98 Å². The van der Waals surface area contributed by atoms with E-state index in [2.05, 4.69) is 17.4 Å². The molecular weight excluding hydrogens is 304 g/mol. The van der Waals surface area contributed by atoms with Gasteiger partial charge in [-0.05, 0) is 37.9 Å². The normalized spacial score (nSPS) is 14.0. The highest BCUT2D eigenvalue weighted by atomic mass is 32.1. The number of pyridine rings is 1. The number of nitrogens with zero attached hydrogens (tertiary/aromatic N) is 1. The molecule has 0 atom stereocenters. The molecule has 4 rings (SSSR count). The lowest BCUT2D eigenvalue weighted by atomic mass is 9.91. The molecule has 1 N–H and O–H groups in total. The predicted molar refractivity (Wildman–Crippen MR) is 95.2 cm³/mol. The molecule has 0 fully saturated rings. The van der Waals surface area contributed by atoms with Crippen LogP contribution in [0.5, 0.6) is 0 Å². The topological polar surface area (TPSA) is 42.0 Å². The number of hydrogen-bond donors (Lipinski definition) is 1.